The minimum Gasteiger partial charge on any atom is -0.317 e. The smallest absolute Gasteiger partial charge is 0.0596 e. The highest BCUT2D eigenvalue weighted by Gasteiger charge is 2.07. The molecule has 3 heteroatoms. The molecule has 1 heterocycles. The van der Waals surface area contributed by atoms with Gasteiger partial charge in [0.25, 0.3) is 0 Å². The van der Waals surface area contributed by atoms with Crippen molar-refractivity contribution in [2.45, 2.75) is 52.6 Å². The largest absolute Gasteiger partial charge is 0.317 e. The predicted octanol–water partition coefficient (Wildman–Crippen LogP) is 2.14. The van der Waals surface area contributed by atoms with Gasteiger partial charge >= 0.3 is 0 Å². The minimum absolute atomic E-state index is 0.630. The van der Waals surface area contributed by atoms with Crippen LogP contribution in [0.4, 0.5) is 0 Å². The third kappa shape index (κ3) is 3.34. The first-order valence-electron chi connectivity index (χ1n) is 5.91. The van der Waals surface area contributed by atoms with E-state index in [2.05, 4.69) is 41.9 Å². The summed E-state index contributed by atoms with van der Waals surface area (Å²) in [5.41, 5.74) is 2.49. The van der Waals surface area contributed by atoms with E-state index in [9.17, 15) is 0 Å². The molecule has 1 N–H and O–H groups in total. The van der Waals surface area contributed by atoms with Gasteiger partial charge in [0.2, 0.25) is 0 Å². The van der Waals surface area contributed by atoms with Crippen LogP contribution < -0.4 is 5.32 Å². The summed E-state index contributed by atoms with van der Waals surface area (Å²) in [6.07, 6.45) is 3.50. The van der Waals surface area contributed by atoms with E-state index in [1.54, 1.807) is 0 Å². The fourth-order valence-corrected chi connectivity index (χ4v) is 1.95. The van der Waals surface area contributed by atoms with Crippen LogP contribution in [-0.2, 0) is 13.0 Å². The van der Waals surface area contributed by atoms with Gasteiger partial charge in [0.15, 0.2) is 0 Å². The van der Waals surface area contributed by atoms with Gasteiger partial charge in [-0.15, -0.1) is 0 Å². The minimum atomic E-state index is 0.630. The standard InChI is InChI=1S/C12H23N3/c1-5-11(13-4)7-8-12-9-10(3)14-15(12)6-2/h9,11,13H,5-8H2,1-4H3. The maximum atomic E-state index is 4.45. The molecule has 0 aromatic carbocycles. The molecule has 1 atom stereocenters. The van der Waals surface area contributed by atoms with Gasteiger partial charge in [-0.3, -0.25) is 4.68 Å². The fraction of sp³-hybridized carbons (Fsp3) is 0.750. The molecule has 0 fully saturated rings. The lowest BCUT2D eigenvalue weighted by Gasteiger charge is -2.13. The Balaban J connectivity index is 2.55. The summed E-state index contributed by atoms with van der Waals surface area (Å²) < 4.78 is 2.11. The van der Waals surface area contributed by atoms with Crippen molar-refractivity contribution in [3.8, 4) is 0 Å². The summed E-state index contributed by atoms with van der Waals surface area (Å²) in [6, 6.07) is 2.83. The summed E-state index contributed by atoms with van der Waals surface area (Å²) in [4.78, 5) is 0. The van der Waals surface area contributed by atoms with Crippen LogP contribution in [-0.4, -0.2) is 22.9 Å². The molecule has 1 unspecified atom stereocenters. The van der Waals surface area contributed by atoms with E-state index in [1.165, 1.54) is 18.5 Å². The summed E-state index contributed by atoms with van der Waals surface area (Å²) in [5.74, 6) is 0. The van der Waals surface area contributed by atoms with E-state index >= 15 is 0 Å². The molecule has 1 aromatic heterocycles. The molecular weight excluding hydrogens is 186 g/mol. The topological polar surface area (TPSA) is 29.9 Å². The maximum Gasteiger partial charge on any atom is 0.0596 e. The van der Waals surface area contributed by atoms with Crippen LogP contribution in [0.3, 0.4) is 0 Å². The summed E-state index contributed by atoms with van der Waals surface area (Å²) in [6.45, 7) is 7.40. The molecule has 15 heavy (non-hydrogen) atoms. The van der Waals surface area contributed by atoms with E-state index < -0.39 is 0 Å². The molecule has 0 amide bonds. The van der Waals surface area contributed by atoms with Crippen LogP contribution in [0, 0.1) is 6.92 Å². The second-order valence-corrected chi connectivity index (χ2v) is 4.03. The number of hydrogen-bond acceptors (Lipinski definition) is 2. The molecule has 0 radical (unpaired) electrons. The van der Waals surface area contributed by atoms with Gasteiger partial charge in [0.05, 0.1) is 5.69 Å². The number of rotatable bonds is 6. The van der Waals surface area contributed by atoms with E-state index in [-0.39, 0.29) is 0 Å². The lowest BCUT2D eigenvalue weighted by Crippen LogP contribution is -2.25. The fourth-order valence-electron chi connectivity index (χ4n) is 1.95. The van der Waals surface area contributed by atoms with Gasteiger partial charge in [0.1, 0.15) is 0 Å². The second-order valence-electron chi connectivity index (χ2n) is 4.03. The maximum absolute atomic E-state index is 4.45. The molecule has 0 spiro atoms. The number of nitrogens with one attached hydrogen (secondary N) is 1. The molecule has 1 aromatic rings. The lowest BCUT2D eigenvalue weighted by atomic mass is 10.1. The van der Waals surface area contributed by atoms with Crippen LogP contribution in [0.2, 0.25) is 0 Å². The van der Waals surface area contributed by atoms with E-state index in [1.807, 2.05) is 7.05 Å². The van der Waals surface area contributed by atoms with E-state index in [4.69, 9.17) is 0 Å². The molecule has 0 bridgehead atoms. The van der Waals surface area contributed by atoms with Crippen molar-refractivity contribution in [1.82, 2.24) is 15.1 Å². The molecule has 0 aliphatic heterocycles. The molecular formula is C12H23N3. The predicted molar refractivity (Wildman–Crippen MR) is 64.1 cm³/mol. The zero-order valence-corrected chi connectivity index (χ0v) is 10.4. The normalized spacial score (nSPS) is 13.1. The van der Waals surface area contributed by atoms with Crippen molar-refractivity contribution in [3.63, 3.8) is 0 Å². The number of hydrogen-bond donors (Lipinski definition) is 1. The van der Waals surface area contributed by atoms with Crippen LogP contribution in [0.15, 0.2) is 6.07 Å². The Kier molecular flexibility index (Phi) is 4.82. The van der Waals surface area contributed by atoms with Crippen molar-refractivity contribution in [3.05, 3.63) is 17.5 Å². The Morgan fingerprint density at radius 2 is 2.20 bits per heavy atom. The Labute approximate surface area is 92.9 Å². The van der Waals surface area contributed by atoms with Crippen molar-refractivity contribution >= 4 is 0 Å². The molecule has 0 saturated heterocycles. The van der Waals surface area contributed by atoms with Gasteiger partial charge in [-0.05, 0) is 46.2 Å². The average Bonchev–Trinajstić information content (AvgIpc) is 2.60. The zero-order chi connectivity index (χ0) is 11.3. The molecule has 0 aliphatic carbocycles. The SMILES string of the molecule is CCC(CCc1cc(C)nn1CC)NC. The molecule has 0 aliphatic rings. The van der Waals surface area contributed by atoms with Crippen LogP contribution in [0.1, 0.15) is 38.1 Å². The zero-order valence-electron chi connectivity index (χ0n) is 10.4. The highest BCUT2D eigenvalue weighted by atomic mass is 15.3. The van der Waals surface area contributed by atoms with Crippen LogP contribution >= 0.6 is 0 Å². The first kappa shape index (κ1) is 12.2. The number of nitrogens with zero attached hydrogens (tertiary/aromatic N) is 2. The first-order valence-corrected chi connectivity index (χ1v) is 5.91. The molecule has 3 nitrogen and oxygen atoms in total. The van der Waals surface area contributed by atoms with Crippen molar-refractivity contribution in [2.75, 3.05) is 7.05 Å². The molecule has 1 rings (SSSR count). The number of aromatic nitrogens is 2. The summed E-state index contributed by atoms with van der Waals surface area (Å²) >= 11 is 0. The van der Waals surface area contributed by atoms with Gasteiger partial charge < -0.3 is 5.32 Å². The highest BCUT2D eigenvalue weighted by molar-refractivity contribution is 5.09. The third-order valence-corrected chi connectivity index (χ3v) is 2.94. The molecule has 86 valence electrons. The van der Waals surface area contributed by atoms with Crippen LogP contribution in [0.5, 0.6) is 0 Å². The quantitative estimate of drug-likeness (QED) is 0.778. The Morgan fingerprint density at radius 1 is 1.47 bits per heavy atom. The second kappa shape index (κ2) is 5.91. The van der Waals surface area contributed by atoms with E-state index in [0.717, 1.165) is 18.7 Å². The first-order chi connectivity index (χ1) is 7.21. The van der Waals surface area contributed by atoms with Gasteiger partial charge in [-0.25, -0.2) is 0 Å². The summed E-state index contributed by atoms with van der Waals surface area (Å²) in [7, 11) is 2.04. The van der Waals surface area contributed by atoms with Gasteiger partial charge in [-0.1, -0.05) is 6.92 Å². The highest BCUT2D eigenvalue weighted by Crippen LogP contribution is 2.09. The monoisotopic (exact) mass is 209 g/mol. The van der Waals surface area contributed by atoms with Crippen LogP contribution in [0.25, 0.3) is 0 Å². The Morgan fingerprint density at radius 3 is 2.73 bits per heavy atom. The number of aryl methyl sites for hydroxylation is 3. The Bertz CT molecular complexity index is 287. The average molecular weight is 209 g/mol. The summed E-state index contributed by atoms with van der Waals surface area (Å²) in [5, 5.41) is 7.79. The van der Waals surface area contributed by atoms with Crippen molar-refractivity contribution in [1.29, 1.82) is 0 Å². The van der Waals surface area contributed by atoms with E-state index in [0.29, 0.717) is 6.04 Å². The Hall–Kier alpha value is -0.830. The van der Waals surface area contributed by atoms with Crippen molar-refractivity contribution in [2.24, 2.45) is 0 Å². The third-order valence-electron chi connectivity index (χ3n) is 2.94. The van der Waals surface area contributed by atoms with Gasteiger partial charge in [0, 0.05) is 18.3 Å². The van der Waals surface area contributed by atoms with Crippen molar-refractivity contribution < 1.29 is 0 Å². The van der Waals surface area contributed by atoms with Gasteiger partial charge in [-0.2, -0.15) is 5.10 Å². The lowest BCUT2D eigenvalue weighted by molar-refractivity contribution is 0.494. The molecule has 0 saturated carbocycles.